The van der Waals surface area contributed by atoms with E-state index in [1.165, 1.54) is 11.3 Å². The Labute approximate surface area is 144 Å². The van der Waals surface area contributed by atoms with Crippen LogP contribution < -0.4 is 5.43 Å². The molecular weight excluding hydrogens is 378 g/mol. The molecule has 1 amide bonds. The van der Waals surface area contributed by atoms with Crippen LogP contribution in [-0.4, -0.2) is 17.4 Å². The third kappa shape index (κ3) is 2.09. The molecule has 0 saturated carbocycles. The molecule has 0 N–H and O–H groups in total. The molecule has 6 heteroatoms. The van der Waals surface area contributed by atoms with Gasteiger partial charge in [-0.1, -0.05) is 22.0 Å². The number of hydrogen-bond donors (Lipinski definition) is 0. The molecule has 0 radical (unpaired) electrons. The molecule has 1 atom stereocenters. The SMILES string of the molecule is CCN1C(=O)c2oc3ccc(Br)cc3c(=O)c2C1c1cccs1. The number of benzene rings is 1. The summed E-state index contributed by atoms with van der Waals surface area (Å²) in [4.78, 5) is 28.4. The number of carbonyl (C=O) groups excluding carboxylic acids is 1. The van der Waals surface area contributed by atoms with E-state index in [-0.39, 0.29) is 23.1 Å². The van der Waals surface area contributed by atoms with Gasteiger partial charge in [0.15, 0.2) is 5.43 Å². The lowest BCUT2D eigenvalue weighted by molar-refractivity contribution is 0.0739. The molecule has 0 saturated heterocycles. The van der Waals surface area contributed by atoms with Crippen molar-refractivity contribution in [1.82, 2.24) is 4.90 Å². The largest absolute Gasteiger partial charge is 0.450 e. The minimum atomic E-state index is -0.359. The summed E-state index contributed by atoms with van der Waals surface area (Å²) in [5.74, 6) is -0.0482. The number of rotatable bonds is 2. The summed E-state index contributed by atoms with van der Waals surface area (Å²) < 4.78 is 6.61. The quantitative estimate of drug-likeness (QED) is 0.660. The van der Waals surface area contributed by atoms with Gasteiger partial charge in [-0.15, -0.1) is 11.3 Å². The summed E-state index contributed by atoms with van der Waals surface area (Å²) >= 11 is 4.92. The molecule has 0 bridgehead atoms. The van der Waals surface area contributed by atoms with Gasteiger partial charge >= 0.3 is 0 Å². The number of amides is 1. The molecule has 4 rings (SSSR count). The van der Waals surface area contributed by atoms with Crippen LogP contribution >= 0.6 is 27.3 Å². The zero-order valence-electron chi connectivity index (χ0n) is 12.2. The third-order valence-corrected chi connectivity index (χ3v) is 5.50. The molecule has 1 aromatic carbocycles. The summed E-state index contributed by atoms with van der Waals surface area (Å²) in [6.07, 6.45) is 0. The van der Waals surface area contributed by atoms with Gasteiger partial charge in [0.1, 0.15) is 5.58 Å². The van der Waals surface area contributed by atoms with Crippen LogP contribution in [0.15, 0.2) is 49.4 Å². The molecule has 116 valence electrons. The minimum Gasteiger partial charge on any atom is -0.450 e. The summed E-state index contributed by atoms with van der Waals surface area (Å²) in [5.41, 5.74) is 0.753. The second kappa shape index (κ2) is 5.32. The average molecular weight is 390 g/mol. The summed E-state index contributed by atoms with van der Waals surface area (Å²) in [5, 5.41) is 2.44. The van der Waals surface area contributed by atoms with Crippen LogP contribution in [0.1, 0.15) is 34.0 Å². The molecule has 2 aromatic heterocycles. The van der Waals surface area contributed by atoms with Crippen LogP contribution in [0.5, 0.6) is 0 Å². The van der Waals surface area contributed by atoms with Crippen molar-refractivity contribution in [2.75, 3.05) is 6.54 Å². The standard InChI is InChI=1S/C17H12BrNO3S/c1-2-19-14(12-4-3-7-23-12)13-15(20)10-8-9(18)5-6-11(10)22-16(13)17(19)21/h3-8,14H,2H2,1H3. The van der Waals surface area contributed by atoms with E-state index in [0.717, 1.165) is 9.35 Å². The normalized spacial score (nSPS) is 17.0. The van der Waals surface area contributed by atoms with Crippen molar-refractivity contribution in [1.29, 1.82) is 0 Å². The molecule has 3 aromatic rings. The third-order valence-electron chi connectivity index (χ3n) is 4.08. The molecule has 1 aliphatic rings. The van der Waals surface area contributed by atoms with Crippen LogP contribution in [0.2, 0.25) is 0 Å². The topological polar surface area (TPSA) is 50.5 Å². The molecule has 3 heterocycles. The van der Waals surface area contributed by atoms with Gasteiger partial charge < -0.3 is 9.32 Å². The van der Waals surface area contributed by atoms with E-state index in [4.69, 9.17) is 4.42 Å². The van der Waals surface area contributed by atoms with Gasteiger partial charge in [-0.3, -0.25) is 9.59 Å². The van der Waals surface area contributed by atoms with Gasteiger partial charge in [0, 0.05) is 15.9 Å². The lowest BCUT2D eigenvalue weighted by atomic mass is 10.0. The molecule has 0 spiro atoms. The fourth-order valence-corrected chi connectivity index (χ4v) is 4.27. The van der Waals surface area contributed by atoms with Crippen molar-refractivity contribution in [2.24, 2.45) is 0 Å². The van der Waals surface area contributed by atoms with Crippen molar-refractivity contribution in [2.45, 2.75) is 13.0 Å². The molecule has 23 heavy (non-hydrogen) atoms. The maximum atomic E-state index is 13.0. The summed E-state index contributed by atoms with van der Waals surface area (Å²) in [7, 11) is 0. The van der Waals surface area contributed by atoms with E-state index in [0.29, 0.717) is 23.1 Å². The van der Waals surface area contributed by atoms with Gasteiger partial charge in [-0.05, 0) is 36.6 Å². The van der Waals surface area contributed by atoms with E-state index >= 15 is 0 Å². The van der Waals surface area contributed by atoms with E-state index in [1.807, 2.05) is 24.4 Å². The Balaban J connectivity index is 2.07. The first-order valence-electron chi connectivity index (χ1n) is 7.22. The van der Waals surface area contributed by atoms with Gasteiger partial charge in [-0.25, -0.2) is 0 Å². The first-order valence-corrected chi connectivity index (χ1v) is 8.89. The maximum Gasteiger partial charge on any atom is 0.290 e. The average Bonchev–Trinajstić information content (AvgIpc) is 3.15. The monoisotopic (exact) mass is 389 g/mol. The van der Waals surface area contributed by atoms with Crippen molar-refractivity contribution >= 4 is 44.1 Å². The Kier molecular flexibility index (Phi) is 3.39. The second-order valence-electron chi connectivity index (χ2n) is 5.32. The van der Waals surface area contributed by atoms with Crippen LogP contribution in [-0.2, 0) is 0 Å². The highest BCUT2D eigenvalue weighted by molar-refractivity contribution is 9.10. The highest BCUT2D eigenvalue weighted by Crippen LogP contribution is 2.39. The smallest absolute Gasteiger partial charge is 0.290 e. The van der Waals surface area contributed by atoms with Crippen LogP contribution in [0, 0.1) is 0 Å². The number of thiophene rings is 1. The zero-order chi connectivity index (χ0) is 16.1. The predicted molar refractivity (Wildman–Crippen MR) is 93.1 cm³/mol. The molecule has 0 aliphatic carbocycles. The number of halogens is 1. The van der Waals surface area contributed by atoms with Gasteiger partial charge in [0.05, 0.1) is 17.0 Å². The van der Waals surface area contributed by atoms with Crippen molar-refractivity contribution in [3.8, 4) is 0 Å². The molecular formula is C17H12BrNO3S. The Morgan fingerprint density at radius 3 is 2.83 bits per heavy atom. The minimum absolute atomic E-state index is 0.134. The number of fused-ring (bicyclic) bond motifs is 2. The van der Waals surface area contributed by atoms with Crippen LogP contribution in [0.4, 0.5) is 0 Å². The number of nitrogens with zero attached hydrogens (tertiary/aromatic N) is 1. The summed E-state index contributed by atoms with van der Waals surface area (Å²) in [6, 6.07) is 8.77. The molecule has 1 unspecified atom stereocenters. The van der Waals surface area contributed by atoms with E-state index in [2.05, 4.69) is 15.9 Å². The van der Waals surface area contributed by atoms with Gasteiger partial charge in [-0.2, -0.15) is 0 Å². The lowest BCUT2D eigenvalue weighted by Gasteiger charge is -2.21. The van der Waals surface area contributed by atoms with Crippen molar-refractivity contribution in [3.05, 3.63) is 66.6 Å². The van der Waals surface area contributed by atoms with E-state index < -0.39 is 0 Å². The highest BCUT2D eigenvalue weighted by atomic mass is 79.9. The highest BCUT2D eigenvalue weighted by Gasteiger charge is 2.42. The van der Waals surface area contributed by atoms with Crippen LogP contribution in [0.3, 0.4) is 0 Å². The van der Waals surface area contributed by atoms with Crippen molar-refractivity contribution in [3.63, 3.8) is 0 Å². The Hall–Kier alpha value is -1.92. The maximum absolute atomic E-state index is 13.0. The fraction of sp³-hybridized carbons (Fsp3) is 0.176. The Morgan fingerprint density at radius 2 is 2.13 bits per heavy atom. The first kappa shape index (κ1) is 14.7. The van der Waals surface area contributed by atoms with Gasteiger partial charge in [0.25, 0.3) is 5.91 Å². The zero-order valence-corrected chi connectivity index (χ0v) is 14.6. The van der Waals surface area contributed by atoms with E-state index in [1.54, 1.807) is 23.1 Å². The van der Waals surface area contributed by atoms with Gasteiger partial charge in [0.2, 0.25) is 5.76 Å². The molecule has 4 nitrogen and oxygen atoms in total. The van der Waals surface area contributed by atoms with E-state index in [9.17, 15) is 9.59 Å². The molecule has 0 fully saturated rings. The lowest BCUT2D eigenvalue weighted by Crippen LogP contribution is -2.28. The molecule has 1 aliphatic heterocycles. The predicted octanol–water partition coefficient (Wildman–Crippen LogP) is 4.18. The first-order chi connectivity index (χ1) is 11.1. The number of carbonyl (C=O) groups is 1. The Bertz CT molecular complexity index is 977. The Morgan fingerprint density at radius 1 is 1.30 bits per heavy atom. The number of hydrogen-bond acceptors (Lipinski definition) is 4. The fourth-order valence-electron chi connectivity index (χ4n) is 3.06. The van der Waals surface area contributed by atoms with Crippen LogP contribution in [0.25, 0.3) is 11.0 Å². The van der Waals surface area contributed by atoms with Crippen molar-refractivity contribution < 1.29 is 9.21 Å². The summed E-state index contributed by atoms with van der Waals surface area (Å²) in [6.45, 7) is 2.43. The second-order valence-corrected chi connectivity index (χ2v) is 7.22.